The smallest absolute Gasteiger partial charge is 0.303 e. The van der Waals surface area contributed by atoms with Crippen LogP contribution >= 0.6 is 0 Å². The summed E-state index contributed by atoms with van der Waals surface area (Å²) in [5.41, 5.74) is 18.9. The van der Waals surface area contributed by atoms with E-state index in [-0.39, 0.29) is 82.0 Å². The number of aromatic hydroxyl groups is 1. The van der Waals surface area contributed by atoms with Gasteiger partial charge in [-0.2, -0.15) is 0 Å². The van der Waals surface area contributed by atoms with Crippen LogP contribution in [-0.4, -0.2) is 191 Å². The van der Waals surface area contributed by atoms with Crippen molar-refractivity contribution in [2.75, 3.05) is 26.7 Å². The predicted molar refractivity (Wildman–Crippen MR) is 351 cm³/mol. The Labute approximate surface area is 552 Å². The van der Waals surface area contributed by atoms with Crippen LogP contribution in [0.3, 0.4) is 0 Å². The average Bonchev–Trinajstić information content (AvgIpc) is 0.918. The molecule has 0 aliphatic carbocycles. The minimum atomic E-state index is -1.55. The maximum atomic E-state index is 14.2. The summed E-state index contributed by atoms with van der Waals surface area (Å²) in [5, 5.41) is 49.0. The number of carboxylic acids is 1. The van der Waals surface area contributed by atoms with Crippen molar-refractivity contribution in [1.82, 2.24) is 63.4 Å². The maximum absolute atomic E-state index is 14.2. The lowest BCUT2D eigenvalue weighted by molar-refractivity contribution is -0.143. The molecule has 1 fully saturated rings. The molecule has 0 aromatic heterocycles. The van der Waals surface area contributed by atoms with Gasteiger partial charge in [-0.3, -0.25) is 62.3 Å². The number of rotatable bonds is 16. The Morgan fingerprint density at radius 1 is 0.500 bits per heavy atom. The number of phenolic OH excluding ortho intramolecular Hbond substituents is 1. The average molecular weight is 1330 g/mol. The van der Waals surface area contributed by atoms with E-state index in [1.807, 2.05) is 13.8 Å². The Hall–Kier alpha value is -7.99. The van der Waals surface area contributed by atoms with E-state index in [1.54, 1.807) is 67.5 Å². The van der Waals surface area contributed by atoms with Crippen LogP contribution in [0, 0.1) is 29.6 Å². The Morgan fingerprint density at radius 2 is 0.904 bits per heavy atom. The Morgan fingerprint density at radius 3 is 1.36 bits per heavy atom. The van der Waals surface area contributed by atoms with Gasteiger partial charge in [0.15, 0.2) is 0 Å². The maximum Gasteiger partial charge on any atom is 0.303 e. The molecule has 19 N–H and O–H groups in total. The van der Waals surface area contributed by atoms with Crippen molar-refractivity contribution in [2.45, 2.75) is 233 Å². The van der Waals surface area contributed by atoms with Gasteiger partial charge >= 0.3 is 5.97 Å². The zero-order valence-electron chi connectivity index (χ0n) is 57.1. The molecule has 1 aliphatic heterocycles. The fourth-order valence-electron chi connectivity index (χ4n) is 10.1. The molecule has 1 saturated heterocycles. The molecule has 2 rings (SSSR count). The summed E-state index contributed by atoms with van der Waals surface area (Å²) in [7, 11) is 1.37. The number of carbonyl (C=O) groups is 13. The molecular weight excluding hydrogens is 1220 g/mol. The topological polar surface area (TPSA) is 476 Å². The van der Waals surface area contributed by atoms with Gasteiger partial charge in [-0.25, -0.2) is 0 Å². The van der Waals surface area contributed by atoms with Crippen molar-refractivity contribution >= 4 is 76.9 Å². The lowest BCUT2D eigenvalue weighted by Crippen LogP contribution is -2.60. The van der Waals surface area contributed by atoms with Crippen molar-refractivity contribution in [3.63, 3.8) is 0 Å². The van der Waals surface area contributed by atoms with Gasteiger partial charge in [0.2, 0.25) is 70.9 Å². The number of nitrogens with one attached hydrogen (secondary N) is 11. The number of carboxylic acid groups (broad SMARTS) is 1. The number of unbranched alkanes of at least 4 members (excludes halogenated alkanes) is 1. The SMILES string of the molecule is CC(C)C[C@@H]1NC(=O)[C@H](C)NC(=O)[C@H](CCC(=O)O)NC(=O)[C@H](C(C)C)NC(=O)[C@@H](N)CCCNC(=O)[C@H](CCCCN)NC(=O)[C@H](CC(C)C)NC(=O)[C@H](C(C)C)NC(=O)[C@H](C)N(C)C(=O)[C@H](C(C)C)NC(=O)[C@@H](N)CCCNC(=O)[C@H](Cc2ccc(O)cc2)NC1=O. The number of carbonyl (C=O) groups excluding carboxylic acids is 12. The van der Waals surface area contributed by atoms with Gasteiger partial charge in [0.1, 0.15) is 66.2 Å². The minimum absolute atomic E-state index is 0.00494. The van der Waals surface area contributed by atoms with Crippen molar-refractivity contribution < 1.29 is 72.5 Å². The van der Waals surface area contributed by atoms with Crippen LogP contribution in [0.5, 0.6) is 5.75 Å². The van der Waals surface area contributed by atoms with E-state index in [1.165, 1.54) is 33.0 Å². The van der Waals surface area contributed by atoms with Gasteiger partial charge in [0, 0.05) is 33.0 Å². The highest BCUT2D eigenvalue weighted by molar-refractivity contribution is 5.98. The molecule has 1 heterocycles. The molecule has 0 bridgehead atoms. The second kappa shape index (κ2) is 41.0. The molecule has 0 saturated carbocycles. The van der Waals surface area contributed by atoms with E-state index >= 15 is 0 Å². The fourth-order valence-corrected chi connectivity index (χ4v) is 10.1. The molecule has 0 spiro atoms. The highest BCUT2D eigenvalue weighted by atomic mass is 16.4. The summed E-state index contributed by atoms with van der Waals surface area (Å²) in [4.78, 5) is 180. The van der Waals surface area contributed by atoms with Crippen LogP contribution in [0.4, 0.5) is 0 Å². The van der Waals surface area contributed by atoms with Gasteiger partial charge < -0.3 is 90.8 Å². The van der Waals surface area contributed by atoms with E-state index in [0.29, 0.717) is 24.9 Å². The van der Waals surface area contributed by atoms with E-state index in [9.17, 15) is 72.5 Å². The molecule has 94 heavy (non-hydrogen) atoms. The number of phenols is 1. The summed E-state index contributed by atoms with van der Waals surface area (Å²) in [6, 6.07) is -9.18. The lowest BCUT2D eigenvalue weighted by atomic mass is 9.98. The van der Waals surface area contributed by atoms with Gasteiger partial charge in [-0.15, -0.1) is 0 Å². The van der Waals surface area contributed by atoms with Crippen molar-refractivity contribution in [1.29, 1.82) is 0 Å². The summed E-state index contributed by atoms with van der Waals surface area (Å²) in [6.45, 7) is 20.2. The van der Waals surface area contributed by atoms with Crippen LogP contribution < -0.4 is 75.7 Å². The largest absolute Gasteiger partial charge is 0.508 e. The van der Waals surface area contributed by atoms with Gasteiger partial charge in [0.05, 0.1) is 12.1 Å². The van der Waals surface area contributed by atoms with Crippen molar-refractivity contribution in [3.05, 3.63) is 29.8 Å². The zero-order chi connectivity index (χ0) is 71.3. The van der Waals surface area contributed by atoms with Gasteiger partial charge in [-0.1, -0.05) is 81.4 Å². The molecule has 12 amide bonds. The van der Waals surface area contributed by atoms with E-state index in [4.69, 9.17) is 17.2 Å². The van der Waals surface area contributed by atoms with Crippen LogP contribution in [0.25, 0.3) is 0 Å². The first-order valence-corrected chi connectivity index (χ1v) is 32.8. The van der Waals surface area contributed by atoms with E-state index < -0.39 is 180 Å². The first kappa shape index (κ1) is 82.1. The predicted octanol–water partition coefficient (Wildman–Crippen LogP) is -1.32. The third kappa shape index (κ3) is 28.7. The first-order valence-electron chi connectivity index (χ1n) is 32.8. The van der Waals surface area contributed by atoms with Crippen LogP contribution in [0.15, 0.2) is 24.3 Å². The Bertz CT molecular complexity index is 2710. The second-order valence-corrected chi connectivity index (χ2v) is 26.3. The van der Waals surface area contributed by atoms with Gasteiger partial charge in [0.25, 0.3) is 0 Å². The number of nitrogens with two attached hydrogens (primary N) is 3. The Kier molecular flexibility index (Phi) is 35.8. The number of hydrogen-bond acceptors (Lipinski definition) is 17. The Balaban J connectivity index is 2.63. The van der Waals surface area contributed by atoms with Crippen molar-refractivity contribution in [3.8, 4) is 5.75 Å². The van der Waals surface area contributed by atoms with Gasteiger partial charge in [-0.05, 0) is 132 Å². The molecule has 0 radical (unpaired) electrons. The summed E-state index contributed by atoms with van der Waals surface area (Å²) >= 11 is 0. The van der Waals surface area contributed by atoms with E-state index in [2.05, 4.69) is 58.5 Å². The second-order valence-electron chi connectivity index (χ2n) is 26.3. The normalized spacial score (nSPS) is 26.5. The molecule has 12 atom stereocenters. The number of likely N-dealkylation sites (N-methyl/N-ethyl adjacent to an activating group) is 1. The summed E-state index contributed by atoms with van der Waals surface area (Å²) < 4.78 is 0. The lowest BCUT2D eigenvalue weighted by Gasteiger charge is -2.32. The number of benzene rings is 1. The minimum Gasteiger partial charge on any atom is -0.508 e. The summed E-state index contributed by atoms with van der Waals surface area (Å²) in [5.74, 6) is -12.3. The van der Waals surface area contributed by atoms with E-state index in [0.717, 1.165) is 4.90 Å². The number of amides is 12. The van der Waals surface area contributed by atoms with Crippen LogP contribution in [0.2, 0.25) is 0 Å². The molecule has 0 unspecified atom stereocenters. The number of aliphatic carboxylic acids is 1. The van der Waals surface area contributed by atoms with Crippen LogP contribution in [0.1, 0.15) is 159 Å². The zero-order valence-corrected chi connectivity index (χ0v) is 57.1. The fraction of sp³-hybridized carbons (Fsp3) is 0.703. The third-order valence-electron chi connectivity index (χ3n) is 16.0. The molecule has 1 aromatic carbocycles. The highest BCUT2D eigenvalue weighted by Crippen LogP contribution is 2.16. The number of nitrogens with zero attached hydrogens (tertiary/aromatic N) is 1. The molecule has 30 nitrogen and oxygen atoms in total. The monoisotopic (exact) mass is 1330 g/mol. The molecule has 30 heteroatoms. The quantitative estimate of drug-likeness (QED) is 0.0854. The first-order chi connectivity index (χ1) is 44.0. The molecule has 1 aromatic rings. The standard InChI is InChI=1S/C64H109N15O15/c1-33(2)30-46-61(91)74-48(32-40-21-23-41(80)24-22-40)58(88)69-29-17-19-43(67)56(86)78-52(37(9)10)64(94)79(13)39(12)54(84)76-50(35(5)6)63(93)75-47(31-34(3)4)60(90)71-44(20-14-15-27-65)57(87)68-28-16-18-42(66)55(85)77-51(36(7)8)62(92)72-45(25-26-49(81)82)59(89)70-38(11)53(83)73-46/h21-24,33-39,42-48,50-52,80H,14-20,25-32,65-67H2,1-13H3,(H,68,87)(H,69,88)(H,70,89)(H,71,90)(H,72,92)(H,73,83)(H,74,91)(H,75,93)(H,76,84)(H,77,85)(H,78,86)(H,81,82)/t38-,39-,42-,43-,44-,45-,46-,47-,48-,50-,51-,52-/m0/s1. The third-order valence-corrected chi connectivity index (χ3v) is 16.0. The molecule has 1 aliphatic rings. The summed E-state index contributed by atoms with van der Waals surface area (Å²) in [6.07, 6.45) is 0.463. The highest BCUT2D eigenvalue weighted by Gasteiger charge is 2.38. The molecular formula is C64H109N15O15. The molecule has 530 valence electrons. The van der Waals surface area contributed by atoms with Crippen molar-refractivity contribution in [2.24, 2.45) is 46.8 Å². The van der Waals surface area contributed by atoms with Crippen LogP contribution in [-0.2, 0) is 68.7 Å². The number of hydrogen-bond donors (Lipinski definition) is 16.